The summed E-state index contributed by atoms with van der Waals surface area (Å²) < 4.78 is 0. The maximum atomic E-state index is 11.6. The van der Waals surface area contributed by atoms with E-state index in [1.807, 2.05) is 0 Å². The Kier molecular flexibility index (Phi) is 2.82. The smallest absolute Gasteiger partial charge is 0.223 e. The van der Waals surface area contributed by atoms with Crippen molar-refractivity contribution in [2.24, 2.45) is 0 Å². The highest BCUT2D eigenvalue weighted by atomic mass is 35.5. The maximum absolute atomic E-state index is 11.6. The van der Waals surface area contributed by atoms with E-state index in [9.17, 15) is 9.90 Å². The van der Waals surface area contributed by atoms with Gasteiger partial charge in [0.2, 0.25) is 5.91 Å². The number of hydrogen-bond acceptors (Lipinski definition) is 2. The van der Waals surface area contributed by atoms with Gasteiger partial charge in [-0.1, -0.05) is 25.4 Å². The van der Waals surface area contributed by atoms with E-state index in [0.29, 0.717) is 6.54 Å². The number of carbonyl (C=O) groups is 1. The first kappa shape index (κ1) is 12.2. The Morgan fingerprint density at radius 1 is 1.47 bits per heavy atom. The van der Waals surface area contributed by atoms with Crippen molar-refractivity contribution in [3.05, 3.63) is 22.7 Å². The first-order chi connectivity index (χ1) is 7.83. The highest BCUT2D eigenvalue weighted by Gasteiger charge is 2.33. The fraction of sp³-hybridized carbons (Fsp3) is 0.462. The third-order valence-corrected chi connectivity index (χ3v) is 3.73. The van der Waals surface area contributed by atoms with Crippen LogP contribution >= 0.6 is 11.6 Å². The van der Waals surface area contributed by atoms with Gasteiger partial charge >= 0.3 is 0 Å². The van der Waals surface area contributed by atoms with E-state index in [1.165, 1.54) is 0 Å². The van der Waals surface area contributed by atoms with Gasteiger partial charge in [0.05, 0.1) is 5.02 Å². The Labute approximate surface area is 106 Å². The van der Waals surface area contributed by atoms with Crippen molar-refractivity contribution in [3.63, 3.8) is 0 Å². The highest BCUT2D eigenvalue weighted by molar-refractivity contribution is 6.32. The van der Waals surface area contributed by atoms with Crippen molar-refractivity contribution in [1.29, 1.82) is 0 Å². The minimum Gasteiger partial charge on any atom is -0.506 e. The van der Waals surface area contributed by atoms with Crippen molar-refractivity contribution in [2.75, 3.05) is 11.4 Å². The van der Waals surface area contributed by atoms with Crippen LogP contribution in [0.5, 0.6) is 5.75 Å². The molecule has 0 fully saturated rings. The molecule has 92 valence electrons. The SMILES string of the molecule is CC(=O)N1CCC(C)(C)c2cc(O)c(Cl)cc21. The van der Waals surface area contributed by atoms with Crippen LogP contribution in [0.15, 0.2) is 12.1 Å². The molecule has 0 unspecified atom stereocenters. The average Bonchev–Trinajstić information content (AvgIpc) is 2.20. The lowest BCUT2D eigenvalue weighted by atomic mass is 9.77. The zero-order valence-corrected chi connectivity index (χ0v) is 11.0. The van der Waals surface area contributed by atoms with Crippen LogP contribution in [0.2, 0.25) is 5.02 Å². The van der Waals surface area contributed by atoms with Crippen LogP contribution in [0.25, 0.3) is 0 Å². The summed E-state index contributed by atoms with van der Waals surface area (Å²) >= 11 is 5.92. The standard InChI is InChI=1S/C13H16ClNO2/c1-8(16)15-5-4-13(2,3)9-6-12(17)10(14)7-11(9)15/h6-7,17H,4-5H2,1-3H3. The molecule has 1 aromatic carbocycles. The zero-order valence-electron chi connectivity index (χ0n) is 10.2. The second-order valence-electron chi connectivity index (χ2n) is 5.13. The zero-order chi connectivity index (χ0) is 12.8. The molecule has 0 aromatic heterocycles. The molecule has 1 aliphatic heterocycles. The summed E-state index contributed by atoms with van der Waals surface area (Å²) in [7, 11) is 0. The van der Waals surface area contributed by atoms with E-state index in [4.69, 9.17) is 11.6 Å². The highest BCUT2D eigenvalue weighted by Crippen LogP contribution is 2.43. The summed E-state index contributed by atoms with van der Waals surface area (Å²) in [6.07, 6.45) is 0.876. The molecule has 4 heteroatoms. The predicted octanol–water partition coefficient (Wildman–Crippen LogP) is 3.08. The minimum atomic E-state index is -0.0522. The van der Waals surface area contributed by atoms with Crippen LogP contribution in [0.1, 0.15) is 32.8 Å². The van der Waals surface area contributed by atoms with Gasteiger partial charge in [-0.2, -0.15) is 0 Å². The number of benzene rings is 1. The number of aromatic hydroxyl groups is 1. The van der Waals surface area contributed by atoms with Crippen LogP contribution in [-0.4, -0.2) is 17.6 Å². The van der Waals surface area contributed by atoms with E-state index in [2.05, 4.69) is 13.8 Å². The van der Waals surface area contributed by atoms with E-state index < -0.39 is 0 Å². The van der Waals surface area contributed by atoms with Gasteiger partial charge in [-0.25, -0.2) is 0 Å². The lowest BCUT2D eigenvalue weighted by Gasteiger charge is -2.38. The Morgan fingerprint density at radius 2 is 2.12 bits per heavy atom. The third kappa shape index (κ3) is 2.00. The van der Waals surface area contributed by atoms with Crippen LogP contribution in [0.3, 0.4) is 0 Å². The molecular weight excluding hydrogens is 238 g/mol. The van der Waals surface area contributed by atoms with Crippen molar-refractivity contribution in [3.8, 4) is 5.75 Å². The minimum absolute atomic E-state index is 0.00325. The molecule has 1 aromatic rings. The summed E-state index contributed by atoms with van der Waals surface area (Å²) in [6, 6.07) is 3.35. The molecule has 17 heavy (non-hydrogen) atoms. The Hall–Kier alpha value is -1.22. The number of nitrogens with zero attached hydrogens (tertiary/aromatic N) is 1. The van der Waals surface area contributed by atoms with Crippen molar-refractivity contribution < 1.29 is 9.90 Å². The maximum Gasteiger partial charge on any atom is 0.223 e. The van der Waals surface area contributed by atoms with Crippen LogP contribution in [0, 0.1) is 0 Å². The summed E-state index contributed by atoms with van der Waals surface area (Å²) in [4.78, 5) is 13.3. The van der Waals surface area contributed by atoms with Crippen LogP contribution in [0.4, 0.5) is 5.69 Å². The second-order valence-corrected chi connectivity index (χ2v) is 5.53. The molecule has 1 aliphatic rings. The average molecular weight is 254 g/mol. The van der Waals surface area contributed by atoms with Gasteiger partial charge in [-0.05, 0) is 29.5 Å². The molecule has 3 nitrogen and oxygen atoms in total. The first-order valence-electron chi connectivity index (χ1n) is 5.64. The molecule has 1 N–H and O–H groups in total. The van der Waals surface area contributed by atoms with E-state index in [1.54, 1.807) is 24.0 Å². The summed E-state index contributed by atoms with van der Waals surface area (Å²) in [6.45, 7) is 6.45. The fourth-order valence-corrected chi connectivity index (χ4v) is 2.45. The lowest BCUT2D eigenvalue weighted by molar-refractivity contribution is -0.116. The molecular formula is C13H16ClNO2. The molecule has 0 atom stereocenters. The van der Waals surface area contributed by atoms with Crippen molar-refractivity contribution >= 4 is 23.2 Å². The van der Waals surface area contributed by atoms with Crippen molar-refractivity contribution in [2.45, 2.75) is 32.6 Å². The molecule has 0 radical (unpaired) electrons. The first-order valence-corrected chi connectivity index (χ1v) is 6.02. The van der Waals surface area contributed by atoms with Gasteiger partial charge in [0.25, 0.3) is 0 Å². The van der Waals surface area contributed by atoms with E-state index in [0.717, 1.165) is 17.7 Å². The van der Waals surface area contributed by atoms with E-state index >= 15 is 0 Å². The second kappa shape index (κ2) is 3.91. The van der Waals surface area contributed by atoms with Crippen LogP contribution in [-0.2, 0) is 10.2 Å². The largest absolute Gasteiger partial charge is 0.506 e. The number of anilines is 1. The van der Waals surface area contributed by atoms with Gasteiger partial charge in [0, 0.05) is 19.2 Å². The fourth-order valence-electron chi connectivity index (χ4n) is 2.29. The number of carbonyl (C=O) groups excluding carboxylic acids is 1. The summed E-state index contributed by atoms with van der Waals surface area (Å²) in [5, 5.41) is 9.98. The molecule has 0 saturated heterocycles. The molecule has 2 rings (SSSR count). The number of fused-ring (bicyclic) bond motifs is 1. The summed E-state index contributed by atoms with van der Waals surface area (Å²) in [5.74, 6) is 0.0763. The lowest BCUT2D eigenvalue weighted by Crippen LogP contribution is -2.39. The molecule has 0 aliphatic carbocycles. The van der Waals surface area contributed by atoms with Crippen LogP contribution < -0.4 is 4.90 Å². The quantitative estimate of drug-likeness (QED) is 0.772. The number of phenols is 1. The molecule has 0 saturated carbocycles. The number of rotatable bonds is 0. The Morgan fingerprint density at radius 3 is 2.71 bits per heavy atom. The number of halogens is 1. The molecule has 1 amide bonds. The monoisotopic (exact) mass is 253 g/mol. The van der Waals surface area contributed by atoms with Gasteiger partial charge in [-0.3, -0.25) is 4.79 Å². The Bertz CT molecular complexity index is 483. The third-order valence-electron chi connectivity index (χ3n) is 3.43. The van der Waals surface area contributed by atoms with Gasteiger partial charge in [-0.15, -0.1) is 0 Å². The number of hydrogen-bond donors (Lipinski definition) is 1. The van der Waals surface area contributed by atoms with Crippen molar-refractivity contribution in [1.82, 2.24) is 0 Å². The van der Waals surface area contributed by atoms with E-state index in [-0.39, 0.29) is 22.1 Å². The van der Waals surface area contributed by atoms with Gasteiger partial charge < -0.3 is 10.0 Å². The molecule has 0 spiro atoms. The normalized spacial score (nSPS) is 17.8. The van der Waals surface area contributed by atoms with Gasteiger partial charge in [0.15, 0.2) is 0 Å². The molecule has 1 heterocycles. The number of amides is 1. The number of phenolic OH excluding ortho intramolecular Hbond substituents is 1. The summed E-state index contributed by atoms with van der Waals surface area (Å²) in [5.41, 5.74) is 1.74. The topological polar surface area (TPSA) is 40.5 Å². The molecule has 0 bridgehead atoms. The predicted molar refractivity (Wildman–Crippen MR) is 68.8 cm³/mol. The Balaban J connectivity index is 2.64. The van der Waals surface area contributed by atoms with Gasteiger partial charge in [0.1, 0.15) is 5.75 Å².